The average Bonchev–Trinajstić information content (AvgIpc) is 2.84. The average molecular weight is 265 g/mol. The molecule has 3 rings (SSSR count). The highest BCUT2D eigenvalue weighted by Crippen LogP contribution is 2.35. The highest BCUT2D eigenvalue weighted by Gasteiger charge is 2.26. The Bertz CT molecular complexity index is 619. The van der Waals surface area contributed by atoms with Crippen LogP contribution in [-0.4, -0.2) is 12.5 Å². The normalized spacial score (nSPS) is 18.1. The predicted molar refractivity (Wildman–Crippen MR) is 84.0 cm³/mol. The van der Waals surface area contributed by atoms with E-state index in [0.717, 1.165) is 6.54 Å². The van der Waals surface area contributed by atoms with Crippen molar-refractivity contribution in [1.82, 2.24) is 0 Å². The van der Waals surface area contributed by atoms with E-state index in [1.807, 2.05) is 24.3 Å². The summed E-state index contributed by atoms with van der Waals surface area (Å²) in [4.78, 5) is 6.64. The summed E-state index contributed by atoms with van der Waals surface area (Å²) in [5, 5.41) is 0. The minimum Gasteiger partial charge on any atom is -0.370 e. The molecular weight excluding hydrogens is 246 g/mol. The third-order valence-electron chi connectivity index (χ3n) is 3.76. The maximum Gasteiger partial charge on any atom is 0.196 e. The fourth-order valence-electron chi connectivity index (χ4n) is 2.68. The molecule has 20 heavy (non-hydrogen) atoms. The van der Waals surface area contributed by atoms with Gasteiger partial charge in [0.25, 0.3) is 0 Å². The van der Waals surface area contributed by atoms with E-state index < -0.39 is 0 Å². The zero-order valence-electron chi connectivity index (χ0n) is 11.7. The molecule has 0 spiro atoms. The van der Waals surface area contributed by atoms with Gasteiger partial charge in [0.2, 0.25) is 0 Å². The van der Waals surface area contributed by atoms with Crippen molar-refractivity contribution in [3.63, 3.8) is 0 Å². The summed E-state index contributed by atoms with van der Waals surface area (Å²) in [6, 6.07) is 18.6. The molecule has 0 radical (unpaired) electrons. The summed E-state index contributed by atoms with van der Waals surface area (Å²) in [5.41, 5.74) is 9.90. The summed E-state index contributed by atoms with van der Waals surface area (Å²) in [5.74, 6) is 1.10. The molecule has 1 atom stereocenters. The monoisotopic (exact) mass is 265 g/mol. The molecule has 1 unspecified atom stereocenters. The van der Waals surface area contributed by atoms with Gasteiger partial charge in [-0.1, -0.05) is 55.5 Å². The van der Waals surface area contributed by atoms with Crippen LogP contribution in [0.25, 0.3) is 0 Å². The Morgan fingerprint density at radius 3 is 2.65 bits per heavy atom. The second kappa shape index (κ2) is 5.37. The maximum atomic E-state index is 6.18. The van der Waals surface area contributed by atoms with Crippen molar-refractivity contribution in [2.75, 3.05) is 11.4 Å². The number of rotatable bonds is 2. The summed E-state index contributed by atoms with van der Waals surface area (Å²) in [7, 11) is 0. The number of fused-ring (bicyclic) bond motifs is 1. The van der Waals surface area contributed by atoms with E-state index in [-0.39, 0.29) is 0 Å². The number of nitrogens with zero attached hydrogens (tertiary/aromatic N) is 2. The molecule has 0 amide bonds. The zero-order valence-corrected chi connectivity index (χ0v) is 11.7. The highest BCUT2D eigenvalue weighted by atomic mass is 15.3. The van der Waals surface area contributed by atoms with Crippen LogP contribution in [0, 0.1) is 0 Å². The summed E-state index contributed by atoms with van der Waals surface area (Å²) < 4.78 is 0. The Morgan fingerprint density at radius 1 is 1.15 bits per heavy atom. The van der Waals surface area contributed by atoms with E-state index in [1.165, 1.54) is 16.8 Å². The number of hydrogen-bond donors (Lipinski definition) is 1. The molecule has 102 valence electrons. The van der Waals surface area contributed by atoms with Gasteiger partial charge in [0.15, 0.2) is 5.96 Å². The van der Waals surface area contributed by atoms with Gasteiger partial charge in [-0.3, -0.25) is 0 Å². The van der Waals surface area contributed by atoms with Crippen molar-refractivity contribution in [3.8, 4) is 0 Å². The Hall–Kier alpha value is -2.29. The Kier molecular flexibility index (Phi) is 3.42. The van der Waals surface area contributed by atoms with Crippen molar-refractivity contribution in [2.45, 2.75) is 19.4 Å². The Morgan fingerprint density at radius 2 is 1.85 bits per heavy atom. The van der Waals surface area contributed by atoms with E-state index in [4.69, 9.17) is 5.73 Å². The SMILES string of the molecule is CC1CN(C(N)=NCc2ccccc2)c2ccccc21. The number of aliphatic imine (C=N–C) groups is 1. The summed E-state index contributed by atoms with van der Waals surface area (Å²) >= 11 is 0. The maximum absolute atomic E-state index is 6.18. The minimum atomic E-state index is 0.497. The second-order valence-electron chi connectivity index (χ2n) is 5.23. The summed E-state index contributed by atoms with van der Waals surface area (Å²) in [6.07, 6.45) is 0. The van der Waals surface area contributed by atoms with Crippen molar-refractivity contribution in [1.29, 1.82) is 0 Å². The van der Waals surface area contributed by atoms with Crippen LogP contribution in [0.5, 0.6) is 0 Å². The van der Waals surface area contributed by atoms with Crippen LogP contribution in [-0.2, 0) is 6.54 Å². The van der Waals surface area contributed by atoms with E-state index in [0.29, 0.717) is 18.4 Å². The minimum absolute atomic E-state index is 0.497. The van der Waals surface area contributed by atoms with E-state index in [1.54, 1.807) is 0 Å². The molecule has 0 saturated heterocycles. The largest absolute Gasteiger partial charge is 0.370 e. The lowest BCUT2D eigenvalue weighted by Crippen LogP contribution is -2.36. The van der Waals surface area contributed by atoms with Crippen molar-refractivity contribution in [2.24, 2.45) is 10.7 Å². The van der Waals surface area contributed by atoms with Crippen LogP contribution in [0.1, 0.15) is 24.0 Å². The van der Waals surface area contributed by atoms with Gasteiger partial charge in [-0.25, -0.2) is 4.99 Å². The number of para-hydroxylation sites is 1. The van der Waals surface area contributed by atoms with Crippen LogP contribution >= 0.6 is 0 Å². The van der Waals surface area contributed by atoms with Gasteiger partial charge in [0, 0.05) is 18.2 Å². The van der Waals surface area contributed by atoms with Crippen molar-refractivity contribution < 1.29 is 0 Å². The topological polar surface area (TPSA) is 41.6 Å². The lowest BCUT2D eigenvalue weighted by molar-refractivity contribution is 0.816. The molecule has 0 bridgehead atoms. The molecule has 1 aliphatic rings. The van der Waals surface area contributed by atoms with Gasteiger partial charge in [-0.2, -0.15) is 0 Å². The van der Waals surface area contributed by atoms with E-state index >= 15 is 0 Å². The molecule has 3 heteroatoms. The third kappa shape index (κ3) is 2.39. The second-order valence-corrected chi connectivity index (χ2v) is 5.23. The van der Waals surface area contributed by atoms with Gasteiger partial charge < -0.3 is 10.6 Å². The lowest BCUT2D eigenvalue weighted by atomic mass is 10.0. The number of hydrogen-bond acceptors (Lipinski definition) is 1. The first-order valence-corrected chi connectivity index (χ1v) is 6.96. The smallest absolute Gasteiger partial charge is 0.196 e. The summed E-state index contributed by atoms with van der Waals surface area (Å²) in [6.45, 7) is 3.76. The van der Waals surface area contributed by atoms with Crippen LogP contribution in [0.4, 0.5) is 5.69 Å². The van der Waals surface area contributed by atoms with Gasteiger partial charge >= 0.3 is 0 Å². The Balaban J connectivity index is 1.80. The van der Waals surface area contributed by atoms with Crippen LogP contribution < -0.4 is 10.6 Å². The molecule has 1 aliphatic heterocycles. The highest BCUT2D eigenvalue weighted by molar-refractivity contribution is 5.97. The Labute approximate surface area is 119 Å². The number of benzene rings is 2. The fourth-order valence-corrected chi connectivity index (χ4v) is 2.68. The number of anilines is 1. The molecule has 1 heterocycles. The van der Waals surface area contributed by atoms with E-state index in [9.17, 15) is 0 Å². The lowest BCUT2D eigenvalue weighted by Gasteiger charge is -2.18. The third-order valence-corrected chi connectivity index (χ3v) is 3.76. The van der Waals surface area contributed by atoms with Gasteiger partial charge in [0.1, 0.15) is 0 Å². The molecule has 0 aliphatic carbocycles. The molecule has 3 nitrogen and oxygen atoms in total. The molecule has 2 aromatic carbocycles. The molecule has 2 aromatic rings. The molecule has 0 saturated carbocycles. The quantitative estimate of drug-likeness (QED) is 0.669. The van der Waals surface area contributed by atoms with Crippen molar-refractivity contribution in [3.05, 3.63) is 65.7 Å². The van der Waals surface area contributed by atoms with E-state index in [2.05, 4.69) is 47.1 Å². The van der Waals surface area contributed by atoms with Crippen LogP contribution in [0.2, 0.25) is 0 Å². The zero-order chi connectivity index (χ0) is 13.9. The number of nitrogens with two attached hydrogens (primary N) is 1. The van der Waals surface area contributed by atoms with Crippen LogP contribution in [0.15, 0.2) is 59.6 Å². The first-order valence-electron chi connectivity index (χ1n) is 6.96. The first-order chi connectivity index (χ1) is 9.75. The van der Waals surface area contributed by atoms with Crippen LogP contribution in [0.3, 0.4) is 0 Å². The van der Waals surface area contributed by atoms with Crippen molar-refractivity contribution >= 4 is 11.6 Å². The fraction of sp³-hybridized carbons (Fsp3) is 0.235. The van der Waals surface area contributed by atoms with Gasteiger partial charge in [-0.15, -0.1) is 0 Å². The van der Waals surface area contributed by atoms with Gasteiger partial charge in [-0.05, 0) is 17.2 Å². The first kappa shape index (κ1) is 12.7. The standard InChI is InChI=1S/C17H19N3/c1-13-12-20(16-10-6-5-9-15(13)16)17(18)19-11-14-7-3-2-4-8-14/h2-10,13H,11-12H2,1H3,(H2,18,19). The number of guanidine groups is 1. The van der Waals surface area contributed by atoms with Gasteiger partial charge in [0.05, 0.1) is 6.54 Å². The molecule has 2 N–H and O–H groups in total. The molecular formula is C17H19N3. The predicted octanol–water partition coefficient (Wildman–Crippen LogP) is 3.13. The molecule has 0 aromatic heterocycles. The molecule has 0 fully saturated rings.